The summed E-state index contributed by atoms with van der Waals surface area (Å²) in [5.41, 5.74) is 1.18. The summed E-state index contributed by atoms with van der Waals surface area (Å²) < 4.78 is 6.24. The number of hydrogen-bond donors (Lipinski definition) is 3. The van der Waals surface area contributed by atoms with Gasteiger partial charge < -0.3 is 25.3 Å². The third kappa shape index (κ3) is 8.16. The van der Waals surface area contributed by atoms with Crippen LogP contribution in [0.1, 0.15) is 49.3 Å². The zero-order chi connectivity index (χ0) is 28.7. The number of nitrogens with zero attached hydrogens (tertiary/aromatic N) is 2. The molecule has 9 nitrogen and oxygen atoms in total. The monoisotopic (exact) mass is 611 g/mol. The van der Waals surface area contributed by atoms with Crippen LogP contribution in [0.3, 0.4) is 0 Å². The van der Waals surface area contributed by atoms with Crippen LogP contribution in [-0.2, 0) is 14.3 Å². The van der Waals surface area contributed by atoms with E-state index in [2.05, 4.69) is 36.4 Å². The Labute approximate surface area is 243 Å². The van der Waals surface area contributed by atoms with E-state index in [9.17, 15) is 14.4 Å². The lowest BCUT2D eigenvalue weighted by Gasteiger charge is -2.33. The van der Waals surface area contributed by atoms with Crippen LogP contribution in [-0.4, -0.2) is 84.0 Å². The van der Waals surface area contributed by atoms with Crippen molar-refractivity contribution >= 4 is 44.6 Å². The smallest absolute Gasteiger partial charge is 0.271 e. The summed E-state index contributed by atoms with van der Waals surface area (Å²) in [7, 11) is 0. The van der Waals surface area contributed by atoms with Gasteiger partial charge in [0.1, 0.15) is 18.3 Å². The van der Waals surface area contributed by atoms with E-state index >= 15 is 0 Å². The largest absolute Gasteiger partial charge is 0.379 e. The molecular weight excluding hydrogens is 574 g/mol. The zero-order valence-electron chi connectivity index (χ0n) is 23.3. The minimum absolute atomic E-state index is 0.274. The molecule has 0 saturated carbocycles. The lowest BCUT2D eigenvalue weighted by molar-refractivity contribution is -0.129. The lowest BCUT2D eigenvalue weighted by Crippen LogP contribution is -2.51. The molecule has 3 aromatic rings. The number of carbonyl (C=O) groups is 3. The van der Waals surface area contributed by atoms with Crippen molar-refractivity contribution in [2.45, 2.75) is 38.8 Å². The van der Waals surface area contributed by atoms with Crippen molar-refractivity contribution in [1.29, 1.82) is 0 Å². The normalized spacial score (nSPS) is 15.0. The van der Waals surface area contributed by atoms with E-state index in [-0.39, 0.29) is 18.4 Å². The zero-order valence-corrected chi connectivity index (χ0v) is 24.9. The molecule has 40 heavy (non-hydrogen) atoms. The third-order valence-electron chi connectivity index (χ3n) is 6.66. The van der Waals surface area contributed by atoms with Crippen molar-refractivity contribution in [2.75, 3.05) is 45.9 Å². The number of amides is 3. The number of carbonyl (C=O) groups excluding carboxylic acids is 3. The average Bonchev–Trinajstić information content (AvgIpc) is 3.35. The highest BCUT2D eigenvalue weighted by molar-refractivity contribution is 9.10. The second-order valence-corrected chi connectivity index (χ2v) is 12.0. The number of halogens is 1. The number of aromatic amines is 1. The van der Waals surface area contributed by atoms with Crippen LogP contribution in [0.5, 0.6) is 0 Å². The number of morpholine rings is 1. The van der Waals surface area contributed by atoms with E-state index in [0.717, 1.165) is 54.6 Å². The molecule has 1 saturated heterocycles. The number of hydrogen-bond acceptors (Lipinski definition) is 5. The topological polar surface area (TPSA) is 107 Å². The molecular formula is C30H38BrN5O4. The fraction of sp³-hybridized carbons (Fsp3) is 0.433. The molecule has 1 unspecified atom stereocenters. The van der Waals surface area contributed by atoms with Gasteiger partial charge in [0.05, 0.1) is 13.2 Å². The van der Waals surface area contributed by atoms with Crippen molar-refractivity contribution < 1.29 is 19.1 Å². The molecule has 10 heteroatoms. The summed E-state index contributed by atoms with van der Waals surface area (Å²) in [6, 6.07) is 15.5. The third-order valence-corrected chi connectivity index (χ3v) is 7.18. The summed E-state index contributed by atoms with van der Waals surface area (Å²) in [5.74, 6) is -1.12. The standard InChI is InChI=1S/C30H38BrN5O4/c1-30(2,3)34-28(38)27(21-9-11-23(31)12-10-21)36(29(39)25-19-22-7-4-5-8-24(22)33-25)20-26(37)32-13-6-14-35-15-17-40-18-16-35/h4-5,7-12,19,27,33H,6,13-18,20H2,1-3H3,(H,32,37)(H,34,38). The highest BCUT2D eigenvalue weighted by Gasteiger charge is 2.35. The molecule has 1 aromatic heterocycles. The maximum atomic E-state index is 14.0. The number of aromatic nitrogens is 1. The number of H-pyrrole nitrogens is 1. The first-order valence-electron chi connectivity index (χ1n) is 13.6. The molecule has 1 atom stereocenters. The van der Waals surface area contributed by atoms with E-state index in [1.807, 2.05) is 57.2 Å². The fourth-order valence-corrected chi connectivity index (χ4v) is 5.01. The van der Waals surface area contributed by atoms with Crippen LogP contribution in [0.2, 0.25) is 0 Å². The molecule has 1 aliphatic rings. The SMILES string of the molecule is CC(C)(C)NC(=O)C(c1ccc(Br)cc1)N(CC(=O)NCCCN1CCOCC1)C(=O)c1cc2ccccc2[nH]1. The van der Waals surface area contributed by atoms with Crippen molar-refractivity contribution in [3.63, 3.8) is 0 Å². The van der Waals surface area contributed by atoms with Gasteiger partial charge in [-0.1, -0.05) is 46.3 Å². The number of rotatable bonds is 10. The molecule has 4 rings (SSSR count). The number of fused-ring (bicyclic) bond motifs is 1. The second-order valence-electron chi connectivity index (χ2n) is 11.1. The Kier molecular flexibility index (Phi) is 9.99. The first kappa shape index (κ1) is 29.8. The molecule has 1 aliphatic heterocycles. The first-order chi connectivity index (χ1) is 19.1. The Morgan fingerprint density at radius 2 is 1.77 bits per heavy atom. The van der Waals surface area contributed by atoms with Gasteiger partial charge >= 0.3 is 0 Å². The number of ether oxygens (including phenoxy) is 1. The van der Waals surface area contributed by atoms with Gasteiger partial charge in [0.2, 0.25) is 11.8 Å². The van der Waals surface area contributed by atoms with Crippen LogP contribution < -0.4 is 10.6 Å². The van der Waals surface area contributed by atoms with Gasteiger partial charge in [0.25, 0.3) is 5.91 Å². The van der Waals surface area contributed by atoms with E-state index < -0.39 is 17.5 Å². The fourth-order valence-electron chi connectivity index (χ4n) is 4.75. The van der Waals surface area contributed by atoms with Crippen LogP contribution in [0.15, 0.2) is 59.1 Å². The van der Waals surface area contributed by atoms with Crippen molar-refractivity contribution in [3.05, 3.63) is 70.3 Å². The number of benzene rings is 2. The number of para-hydroxylation sites is 1. The molecule has 2 heterocycles. The highest BCUT2D eigenvalue weighted by atomic mass is 79.9. The van der Waals surface area contributed by atoms with Crippen LogP contribution in [0, 0.1) is 0 Å². The quantitative estimate of drug-likeness (QED) is 0.302. The summed E-state index contributed by atoms with van der Waals surface area (Å²) in [5, 5.41) is 6.83. The van der Waals surface area contributed by atoms with Gasteiger partial charge in [-0.2, -0.15) is 0 Å². The average molecular weight is 613 g/mol. The summed E-state index contributed by atoms with van der Waals surface area (Å²) in [4.78, 5) is 47.8. The maximum Gasteiger partial charge on any atom is 0.271 e. The van der Waals surface area contributed by atoms with Crippen molar-refractivity contribution in [2.24, 2.45) is 0 Å². The molecule has 2 aromatic carbocycles. The highest BCUT2D eigenvalue weighted by Crippen LogP contribution is 2.27. The van der Waals surface area contributed by atoms with Crippen LogP contribution in [0.25, 0.3) is 10.9 Å². The lowest BCUT2D eigenvalue weighted by atomic mass is 10.0. The van der Waals surface area contributed by atoms with E-state index in [1.165, 1.54) is 4.90 Å². The van der Waals surface area contributed by atoms with Crippen molar-refractivity contribution in [3.8, 4) is 0 Å². The maximum absolute atomic E-state index is 14.0. The predicted octanol–water partition coefficient (Wildman–Crippen LogP) is 3.87. The second kappa shape index (κ2) is 13.4. The first-order valence-corrected chi connectivity index (χ1v) is 14.4. The summed E-state index contributed by atoms with van der Waals surface area (Å²) in [6.45, 7) is 9.94. The van der Waals surface area contributed by atoms with Crippen LogP contribution >= 0.6 is 15.9 Å². The Hall–Kier alpha value is -3.21. The van der Waals surface area contributed by atoms with Crippen molar-refractivity contribution in [1.82, 2.24) is 25.4 Å². The Morgan fingerprint density at radius 1 is 1.07 bits per heavy atom. The van der Waals surface area contributed by atoms with E-state index in [1.54, 1.807) is 18.2 Å². The molecule has 0 bridgehead atoms. The van der Waals surface area contributed by atoms with Gasteiger partial charge in [-0.25, -0.2) is 0 Å². The summed E-state index contributed by atoms with van der Waals surface area (Å²) >= 11 is 3.45. The number of nitrogens with one attached hydrogen (secondary N) is 3. The van der Waals surface area contributed by atoms with Gasteiger partial charge in [-0.15, -0.1) is 0 Å². The van der Waals surface area contributed by atoms with Gasteiger partial charge in [-0.05, 0) is 63.6 Å². The summed E-state index contributed by atoms with van der Waals surface area (Å²) in [6.07, 6.45) is 0.780. The molecule has 0 aliphatic carbocycles. The predicted molar refractivity (Wildman–Crippen MR) is 159 cm³/mol. The molecule has 0 radical (unpaired) electrons. The van der Waals surface area contributed by atoms with E-state index in [4.69, 9.17) is 4.74 Å². The minimum Gasteiger partial charge on any atom is -0.379 e. The van der Waals surface area contributed by atoms with E-state index in [0.29, 0.717) is 17.8 Å². The Bertz CT molecular complexity index is 1280. The Balaban J connectivity index is 1.59. The molecule has 3 N–H and O–H groups in total. The van der Waals surface area contributed by atoms with Gasteiger partial charge in [0, 0.05) is 40.5 Å². The van der Waals surface area contributed by atoms with Gasteiger partial charge in [-0.3, -0.25) is 19.3 Å². The molecule has 1 fully saturated rings. The Morgan fingerprint density at radius 3 is 2.45 bits per heavy atom. The van der Waals surface area contributed by atoms with Crippen LogP contribution in [0.4, 0.5) is 0 Å². The van der Waals surface area contributed by atoms with Gasteiger partial charge in [0.15, 0.2) is 0 Å². The molecule has 3 amide bonds. The minimum atomic E-state index is -1.02. The molecule has 0 spiro atoms. The molecule has 214 valence electrons.